The van der Waals surface area contributed by atoms with Crippen LogP contribution in [0.1, 0.15) is 154 Å². The van der Waals surface area contributed by atoms with Crippen molar-refractivity contribution in [3.05, 3.63) is 88.6 Å². The fourth-order valence-electron chi connectivity index (χ4n) is 8.97. The molecule has 0 aliphatic carbocycles. The molecule has 0 spiro atoms. The van der Waals surface area contributed by atoms with E-state index in [1.54, 1.807) is 40.9 Å². The van der Waals surface area contributed by atoms with Gasteiger partial charge in [0, 0.05) is 6.61 Å². The van der Waals surface area contributed by atoms with Crippen LogP contribution in [0.4, 0.5) is 10.2 Å². The first-order chi connectivity index (χ1) is 32.8. The molecule has 4 aromatic rings. The van der Waals surface area contributed by atoms with E-state index in [1.165, 1.54) is 102 Å². The minimum atomic E-state index is -4.53. The number of benzene rings is 2. The van der Waals surface area contributed by atoms with Gasteiger partial charge < -0.3 is 33.9 Å². The van der Waals surface area contributed by atoms with Crippen molar-refractivity contribution in [2.45, 2.75) is 179 Å². The fraction of sp³-hybridized carbons (Fsp3) is 0.627. The molecule has 2 aromatic heterocycles. The highest BCUT2D eigenvalue weighted by atomic mass is 35.5. The van der Waals surface area contributed by atoms with E-state index in [2.05, 4.69) is 17.0 Å². The van der Waals surface area contributed by atoms with Crippen LogP contribution in [0.5, 0.6) is 5.75 Å². The van der Waals surface area contributed by atoms with Gasteiger partial charge in [0.15, 0.2) is 11.6 Å². The van der Waals surface area contributed by atoms with Gasteiger partial charge in [-0.1, -0.05) is 133 Å². The molecule has 2 N–H and O–H groups in total. The van der Waals surface area contributed by atoms with Crippen molar-refractivity contribution in [2.75, 3.05) is 32.2 Å². The van der Waals surface area contributed by atoms with E-state index in [9.17, 15) is 14.2 Å². The van der Waals surface area contributed by atoms with Gasteiger partial charge in [0.1, 0.15) is 53.4 Å². The van der Waals surface area contributed by atoms with Crippen molar-refractivity contribution in [1.29, 1.82) is 5.26 Å². The summed E-state index contributed by atoms with van der Waals surface area (Å²) in [5.74, 6) is -1.18. The van der Waals surface area contributed by atoms with Crippen molar-refractivity contribution in [3.8, 4) is 11.8 Å². The molecule has 6 atom stereocenters. The standard InChI is InChI=1S/C51H72ClFN5O9P/c1-5-6-7-8-9-10-11-12-13-14-15-16-17-18-19-20-23-28-60-34-41(61-33-39-29-38(32-54)30-40(53)31-39)35-62-68(59,67-44-25-22-21-24-42(44)52)63-36-45-47-48(66-50(2,3)65-47)51(4,64-45)46-27-26-43-49(55)56-37-57-58(43)46/h21-22,24-27,29-31,37,41,45,47-48H,5-20,23,28,33-36H2,1-4H3,(H2,55,56,57)/t41-,45-,47-,48-,51+,68?/m1/s1. The number of halogens is 2. The van der Waals surface area contributed by atoms with Gasteiger partial charge in [-0.3, -0.25) is 9.05 Å². The molecule has 0 radical (unpaired) electrons. The Morgan fingerprint density at radius 3 is 2.19 bits per heavy atom. The summed E-state index contributed by atoms with van der Waals surface area (Å²) in [6, 6.07) is 16.1. The number of nitrogens with two attached hydrogens (primary N) is 1. The number of fused-ring (bicyclic) bond motifs is 2. The van der Waals surface area contributed by atoms with Gasteiger partial charge >= 0.3 is 7.82 Å². The lowest BCUT2D eigenvalue weighted by atomic mass is 9.93. The second-order valence-corrected chi connectivity index (χ2v) is 20.6. The molecule has 6 rings (SSSR count). The van der Waals surface area contributed by atoms with Gasteiger partial charge in [-0.25, -0.2) is 18.5 Å². The Balaban J connectivity index is 1.04. The number of nitrogens with zero attached hydrogens (tertiary/aromatic N) is 4. The highest BCUT2D eigenvalue weighted by Crippen LogP contribution is 2.54. The molecule has 14 nitrogen and oxygen atoms in total. The lowest BCUT2D eigenvalue weighted by Gasteiger charge is -2.31. The lowest BCUT2D eigenvalue weighted by Crippen LogP contribution is -2.39. The molecule has 2 aliphatic rings. The molecule has 2 saturated heterocycles. The number of unbranched alkanes of at least 4 members (excludes halogenated alkanes) is 16. The molecule has 4 heterocycles. The Morgan fingerprint density at radius 2 is 1.53 bits per heavy atom. The molecule has 68 heavy (non-hydrogen) atoms. The third-order valence-electron chi connectivity index (χ3n) is 12.6. The molecule has 2 aromatic carbocycles. The van der Waals surface area contributed by atoms with E-state index >= 15 is 0 Å². The zero-order chi connectivity index (χ0) is 48.4. The number of hydrogen-bond acceptors (Lipinski definition) is 13. The predicted octanol–water partition coefficient (Wildman–Crippen LogP) is 12.6. The summed E-state index contributed by atoms with van der Waals surface area (Å²) in [5, 5.41) is 14.1. The summed E-state index contributed by atoms with van der Waals surface area (Å²) in [4.78, 5) is 4.11. The van der Waals surface area contributed by atoms with E-state index in [-0.39, 0.29) is 42.8 Å². The second kappa shape index (κ2) is 26.5. The minimum Gasteiger partial charge on any atom is -0.402 e. The first-order valence-corrected chi connectivity index (χ1v) is 26.5. The van der Waals surface area contributed by atoms with Crippen LogP contribution in [0.3, 0.4) is 0 Å². The van der Waals surface area contributed by atoms with Gasteiger partial charge in [-0.2, -0.15) is 10.4 Å². The molecule has 1 unspecified atom stereocenters. The smallest absolute Gasteiger partial charge is 0.402 e. The van der Waals surface area contributed by atoms with Crippen LogP contribution >= 0.6 is 19.4 Å². The lowest BCUT2D eigenvalue weighted by molar-refractivity contribution is -0.212. The Kier molecular flexibility index (Phi) is 20.9. The van der Waals surface area contributed by atoms with Crippen LogP contribution in [0.15, 0.2) is 60.9 Å². The van der Waals surface area contributed by atoms with Crippen molar-refractivity contribution < 1.29 is 46.2 Å². The average molecular weight is 985 g/mol. The zero-order valence-electron chi connectivity index (χ0n) is 40.4. The highest BCUT2D eigenvalue weighted by molar-refractivity contribution is 7.48. The maximum atomic E-state index is 14.8. The Morgan fingerprint density at radius 1 is 0.868 bits per heavy atom. The minimum absolute atomic E-state index is 0.0683. The Bertz CT molecular complexity index is 2260. The second-order valence-electron chi connectivity index (χ2n) is 18.6. The van der Waals surface area contributed by atoms with Gasteiger partial charge in [0.25, 0.3) is 0 Å². The van der Waals surface area contributed by atoms with Crippen LogP contribution in [0, 0.1) is 17.1 Å². The molecule has 17 heteroatoms. The number of phosphoric ester groups is 1. The number of anilines is 1. The number of aromatic nitrogens is 3. The molecule has 2 fully saturated rings. The first-order valence-electron chi connectivity index (χ1n) is 24.7. The fourth-order valence-corrected chi connectivity index (χ4v) is 10.5. The zero-order valence-corrected chi connectivity index (χ0v) is 42.0. The van der Waals surface area contributed by atoms with Crippen LogP contribution in [-0.4, -0.2) is 71.2 Å². The summed E-state index contributed by atoms with van der Waals surface area (Å²) in [6.07, 6.45) is 20.2. The number of nitrogen functional groups attached to an aromatic ring is 1. The molecule has 0 amide bonds. The molecule has 0 saturated carbocycles. The normalized spacial score (nSPS) is 21.2. The van der Waals surface area contributed by atoms with E-state index in [4.69, 9.17) is 54.6 Å². The molecule has 0 bridgehead atoms. The van der Waals surface area contributed by atoms with Gasteiger partial charge in [0.05, 0.1) is 48.8 Å². The number of hydrogen-bond donors (Lipinski definition) is 1. The van der Waals surface area contributed by atoms with E-state index < -0.39 is 49.4 Å². The van der Waals surface area contributed by atoms with Gasteiger partial charge in [-0.05, 0) is 75.2 Å². The monoisotopic (exact) mass is 983 g/mol. The quantitative estimate of drug-likeness (QED) is 0.0362. The predicted molar refractivity (Wildman–Crippen MR) is 260 cm³/mol. The van der Waals surface area contributed by atoms with Crippen molar-refractivity contribution in [3.63, 3.8) is 0 Å². The van der Waals surface area contributed by atoms with Gasteiger partial charge in [0.2, 0.25) is 0 Å². The number of rotatable bonds is 32. The van der Waals surface area contributed by atoms with E-state index in [0.717, 1.165) is 25.3 Å². The van der Waals surface area contributed by atoms with Crippen LogP contribution < -0.4 is 10.3 Å². The summed E-state index contributed by atoms with van der Waals surface area (Å²) in [6.45, 7) is 7.62. The maximum Gasteiger partial charge on any atom is 0.530 e. The molecule has 374 valence electrons. The van der Waals surface area contributed by atoms with E-state index in [0.29, 0.717) is 29.2 Å². The number of para-hydroxylation sites is 1. The third-order valence-corrected chi connectivity index (χ3v) is 14.2. The average Bonchev–Trinajstić information content (AvgIpc) is 3.98. The number of ether oxygens (including phenoxy) is 5. The van der Waals surface area contributed by atoms with Crippen molar-refractivity contribution in [2.24, 2.45) is 0 Å². The summed E-state index contributed by atoms with van der Waals surface area (Å²) < 4.78 is 80.8. The highest BCUT2D eigenvalue weighted by Gasteiger charge is 2.62. The van der Waals surface area contributed by atoms with E-state index in [1.807, 2.05) is 32.9 Å². The van der Waals surface area contributed by atoms with Crippen molar-refractivity contribution >= 4 is 30.8 Å². The van der Waals surface area contributed by atoms with Crippen molar-refractivity contribution in [1.82, 2.24) is 14.6 Å². The Hall–Kier alpha value is -3.68. The van der Waals surface area contributed by atoms with Crippen LogP contribution in [-0.2, 0) is 49.5 Å². The summed E-state index contributed by atoms with van der Waals surface area (Å²) in [5.41, 5.74) is 6.87. The van der Waals surface area contributed by atoms with Crippen LogP contribution in [0.2, 0.25) is 5.02 Å². The maximum absolute atomic E-state index is 14.8. The molecule has 2 aliphatic heterocycles. The number of phosphoric acid groups is 1. The SMILES string of the molecule is CCCCCCCCCCCCCCCCCCCOC[C@H](COP(=O)(OC[C@H]1O[C@@](C)(c2ccc3c(N)ncnn23)[C@@H]2OC(C)(C)O[C@@H]21)Oc1ccccc1Cl)OCc1cc(F)cc(C#N)c1. The largest absolute Gasteiger partial charge is 0.530 e. The Labute approximate surface area is 407 Å². The molecular formula is C51H72ClFN5O9P. The third kappa shape index (κ3) is 15.7. The first kappa shape index (κ1) is 53.7. The molecular weight excluding hydrogens is 912 g/mol. The summed E-state index contributed by atoms with van der Waals surface area (Å²) in [7, 11) is -4.53. The van der Waals surface area contributed by atoms with Gasteiger partial charge in [-0.15, -0.1) is 0 Å². The van der Waals surface area contributed by atoms with Crippen LogP contribution in [0.25, 0.3) is 5.52 Å². The topological polar surface area (TPSA) is 171 Å². The number of nitriles is 1. The summed E-state index contributed by atoms with van der Waals surface area (Å²) >= 11 is 6.49.